The Morgan fingerprint density at radius 2 is 0.667 bits per heavy atom. The van der Waals surface area contributed by atoms with Gasteiger partial charge < -0.3 is 56.8 Å². The quantitative estimate of drug-likeness (QED) is 0.0127. The molecule has 0 spiro atoms. The van der Waals surface area contributed by atoms with Gasteiger partial charge in [0, 0.05) is 46.0 Å². The molecule has 0 saturated heterocycles. The molecule has 3 aliphatic rings. The molecule has 0 heterocycles. The molecule has 6 atom stereocenters. The number of carbonyl (C=O) groups is 5. The monoisotopic (exact) mass is 1740 g/mol. The average molecular weight is 1740 g/mol. The maximum Gasteiger partial charge on any atom is 0.416 e. The summed E-state index contributed by atoms with van der Waals surface area (Å²) in [5.74, 6) is -13.9. The lowest BCUT2D eigenvalue weighted by molar-refractivity contribution is -0.258. The molecule has 4 unspecified atom stereocenters. The molecule has 12 rings (SSSR count). The predicted molar refractivity (Wildman–Crippen MR) is 397 cm³/mol. The molecule has 650 valence electrons. The third-order valence-electron chi connectivity index (χ3n) is 19.7. The van der Waals surface area contributed by atoms with Gasteiger partial charge >= 0.3 is 60.9 Å². The van der Waals surface area contributed by atoms with Gasteiger partial charge in [0.25, 0.3) is 0 Å². The fourth-order valence-corrected chi connectivity index (χ4v) is 13.5. The van der Waals surface area contributed by atoms with Crippen molar-refractivity contribution < 1.29 is 160 Å². The van der Waals surface area contributed by atoms with Gasteiger partial charge in [-0.15, -0.1) is 0 Å². The number of hydrogen-bond donors (Lipinski definition) is 0. The van der Waals surface area contributed by atoms with Crippen LogP contribution in [0.4, 0.5) is 79.0 Å². The van der Waals surface area contributed by atoms with Crippen molar-refractivity contribution in [1.82, 2.24) is 0 Å². The van der Waals surface area contributed by atoms with Crippen LogP contribution in [-0.4, -0.2) is 75.1 Å². The highest BCUT2D eigenvalue weighted by Crippen LogP contribution is 2.56. The number of carbonyl (C=O) groups excluding carboxylic acids is 5. The van der Waals surface area contributed by atoms with Crippen LogP contribution in [0.2, 0.25) is 0 Å². The van der Waals surface area contributed by atoms with Crippen molar-refractivity contribution in [3.63, 3.8) is 0 Å². The first-order chi connectivity index (χ1) is 58.0. The van der Waals surface area contributed by atoms with Crippen LogP contribution in [0.5, 0.6) is 34.5 Å². The van der Waals surface area contributed by atoms with E-state index < -0.39 is 181 Å². The summed E-state index contributed by atoms with van der Waals surface area (Å²) in [6, 6.07) is 35.2. The first-order valence-corrected chi connectivity index (χ1v) is 36.8. The van der Waals surface area contributed by atoms with Crippen molar-refractivity contribution in [2.75, 3.05) is 21.3 Å². The molecule has 2 bridgehead atoms. The van der Waals surface area contributed by atoms with Crippen molar-refractivity contribution in [2.45, 2.75) is 126 Å². The SMILES string of the molecule is COC(=O)[C@@H](Cc1ccc(OCc2ccc(C(F)(F)F)cc2)c(OCc2ccc(C(F)(F)F)cc2)c1)OC(=O)/C=C/C1=CC2C(=O)C(OC)(OC)C1C(OC(=O)[C@@H](Cc1ccc(OCc3ccc(C(F)(F)F)cc3)c(OCc3ccc(C(F)(F)F)cc3)c1)OC(C)=O)C2c1ccc(OCc2ccc(C(F)(F)F)cc2)c(OCc2ccc(C(F)(F)F)cc2)c1. The first-order valence-electron chi connectivity index (χ1n) is 36.8. The number of alkyl halides is 18. The average Bonchev–Trinajstić information content (AvgIpc) is 0.700. The van der Waals surface area contributed by atoms with Crippen molar-refractivity contribution in [1.29, 1.82) is 0 Å². The topological polar surface area (TPSA) is 196 Å². The van der Waals surface area contributed by atoms with Gasteiger partial charge in [0.15, 0.2) is 40.3 Å². The van der Waals surface area contributed by atoms with Gasteiger partial charge in [-0.3, -0.25) is 9.59 Å². The van der Waals surface area contributed by atoms with E-state index in [4.69, 9.17) is 56.8 Å². The van der Waals surface area contributed by atoms with E-state index in [0.717, 1.165) is 186 Å². The molecule has 0 amide bonds. The molecular weight excluding hydrogens is 1670 g/mol. The van der Waals surface area contributed by atoms with E-state index in [9.17, 15) is 93.4 Å². The number of Topliss-reactive ketones (excluding diaryl/α,β-unsaturated/α-hetero) is 1. The van der Waals surface area contributed by atoms with E-state index in [1.165, 1.54) is 60.7 Å². The van der Waals surface area contributed by atoms with E-state index >= 15 is 9.59 Å². The molecule has 0 aromatic heterocycles. The highest BCUT2D eigenvalue weighted by Gasteiger charge is 2.66. The molecule has 35 heteroatoms. The first kappa shape index (κ1) is 91.2. The standard InChI is InChI=1S/C88H70F18O17/c1-49(107)121-74(40-57-18-34-68(116-44-51-7-23-61(24-8-51)84(92,93)94)71(38-57)119-47-54-13-29-64(30-14-54)87(101,102)103)81(111)123-78-76(58-19-35-69(117-45-52-9-25-62(26-10-52)85(95,96)97)72(42-58)120-48-55-15-31-65(32-16-55)88(104,105)106)66-41-59(77(78)82(113-3,114-4)79(66)109)20-36-75(108)122-73(80(110)112-2)39-56-17-33-67(115-43-50-5-21-60(22-6-50)83(89,90)91)70(37-56)118-46-53-11-27-63(28-12-53)86(98,99)100/h5-38,41-42,66,73-74,76-78H,39-40,43-48H2,1-4H3/b36-20+/t66?,73-,74-,76?,77?,78?/m1/s1. The third kappa shape index (κ3) is 23.2. The summed E-state index contributed by atoms with van der Waals surface area (Å²) in [7, 11) is 3.04. The van der Waals surface area contributed by atoms with Crippen LogP contribution in [0.25, 0.3) is 0 Å². The van der Waals surface area contributed by atoms with Crippen molar-refractivity contribution in [3.05, 3.63) is 307 Å². The van der Waals surface area contributed by atoms with E-state index in [-0.39, 0.29) is 103 Å². The van der Waals surface area contributed by atoms with Crippen LogP contribution >= 0.6 is 0 Å². The minimum Gasteiger partial charge on any atom is -0.485 e. The zero-order valence-corrected chi connectivity index (χ0v) is 64.6. The second kappa shape index (κ2) is 37.8. The zero-order chi connectivity index (χ0) is 89.2. The van der Waals surface area contributed by atoms with Crippen LogP contribution < -0.4 is 28.4 Å². The summed E-state index contributed by atoms with van der Waals surface area (Å²) in [6.07, 6.45) is -31.8. The Kier molecular flexibility index (Phi) is 28.1. The Labute approximate surface area is 688 Å². The molecule has 123 heavy (non-hydrogen) atoms. The van der Waals surface area contributed by atoms with E-state index in [1.807, 2.05) is 0 Å². The number of rotatable bonds is 32. The normalized spacial score (nSPS) is 16.5. The van der Waals surface area contributed by atoms with Crippen LogP contribution in [0, 0.1) is 11.8 Å². The van der Waals surface area contributed by atoms with Crippen molar-refractivity contribution in [2.24, 2.45) is 11.8 Å². The van der Waals surface area contributed by atoms with Gasteiger partial charge in [0.2, 0.25) is 18.0 Å². The molecule has 9 aromatic carbocycles. The minimum atomic E-state index is -4.75. The number of methoxy groups -OCH3 is 3. The summed E-state index contributed by atoms with van der Waals surface area (Å²) in [6.45, 7) is -1.54. The van der Waals surface area contributed by atoms with Crippen LogP contribution in [0.1, 0.15) is 96.3 Å². The Hall–Kier alpha value is -12.5. The zero-order valence-electron chi connectivity index (χ0n) is 64.6. The van der Waals surface area contributed by atoms with Gasteiger partial charge in [-0.05, 0) is 165 Å². The van der Waals surface area contributed by atoms with Gasteiger partial charge in [0.1, 0.15) is 45.7 Å². The highest BCUT2D eigenvalue weighted by atomic mass is 19.4. The number of hydrogen-bond acceptors (Lipinski definition) is 17. The molecule has 1 saturated carbocycles. The van der Waals surface area contributed by atoms with Gasteiger partial charge in [-0.25, -0.2) is 14.4 Å². The maximum atomic E-state index is 15.5. The number of allylic oxidation sites excluding steroid dienone is 2. The molecule has 0 radical (unpaired) electrons. The fourth-order valence-electron chi connectivity index (χ4n) is 13.5. The summed E-state index contributed by atoms with van der Waals surface area (Å²) >= 11 is 0. The second-order valence-electron chi connectivity index (χ2n) is 28.0. The van der Waals surface area contributed by atoms with Crippen molar-refractivity contribution in [3.8, 4) is 34.5 Å². The van der Waals surface area contributed by atoms with E-state index in [0.29, 0.717) is 0 Å². The summed E-state index contributed by atoms with van der Waals surface area (Å²) < 4.78 is 316. The van der Waals surface area contributed by atoms with Gasteiger partial charge in [-0.1, -0.05) is 103 Å². The molecule has 3 aliphatic carbocycles. The second-order valence-corrected chi connectivity index (χ2v) is 28.0. The number of halogens is 18. The maximum absolute atomic E-state index is 15.5. The Balaban J connectivity index is 0.951. The number of benzene rings is 9. The van der Waals surface area contributed by atoms with E-state index in [2.05, 4.69) is 0 Å². The molecule has 1 fully saturated rings. The molecule has 17 nitrogen and oxygen atoms in total. The predicted octanol–water partition coefficient (Wildman–Crippen LogP) is 20.1. The number of fused-ring (bicyclic) bond motifs is 2. The largest absolute Gasteiger partial charge is 0.485 e. The summed E-state index contributed by atoms with van der Waals surface area (Å²) in [5.41, 5.74) is -4.40. The number of ether oxygens (including phenoxy) is 12. The minimum absolute atomic E-state index is 0.0403. The van der Waals surface area contributed by atoms with Crippen LogP contribution in [-0.2, 0) is 142 Å². The molecule has 0 N–H and O–H groups in total. The Bertz CT molecular complexity index is 5270. The van der Waals surface area contributed by atoms with Gasteiger partial charge in [0.05, 0.1) is 52.3 Å². The summed E-state index contributed by atoms with van der Waals surface area (Å²) in [4.78, 5) is 72.3. The molecule has 9 aromatic rings. The molecule has 0 aliphatic heterocycles. The number of esters is 4. The lowest BCUT2D eigenvalue weighted by atomic mass is 9.58. The number of ketones is 1. The van der Waals surface area contributed by atoms with E-state index in [1.54, 1.807) is 0 Å². The van der Waals surface area contributed by atoms with Gasteiger partial charge in [-0.2, -0.15) is 79.0 Å². The highest BCUT2D eigenvalue weighted by molar-refractivity contribution is 5.95. The van der Waals surface area contributed by atoms with Crippen LogP contribution in [0.3, 0.4) is 0 Å². The smallest absolute Gasteiger partial charge is 0.416 e. The Morgan fingerprint density at radius 3 is 0.967 bits per heavy atom. The molecular formula is C88H70F18O17. The Morgan fingerprint density at radius 1 is 0.374 bits per heavy atom. The third-order valence-corrected chi connectivity index (χ3v) is 19.7. The summed E-state index contributed by atoms with van der Waals surface area (Å²) in [5, 5.41) is 0. The van der Waals surface area contributed by atoms with Crippen LogP contribution in [0.15, 0.2) is 224 Å². The lowest BCUT2D eigenvalue weighted by Gasteiger charge is -2.53. The fraction of sp³-hybridized carbons (Fsp3) is 0.284. The van der Waals surface area contributed by atoms with Crippen molar-refractivity contribution >= 4 is 29.7 Å². The lowest BCUT2D eigenvalue weighted by Crippen LogP contribution is -2.66.